The quantitative estimate of drug-likeness (QED) is 0.0900. The van der Waals surface area contributed by atoms with E-state index < -0.39 is 5.97 Å². The molecule has 5 heteroatoms. The van der Waals surface area contributed by atoms with Crippen molar-refractivity contribution < 1.29 is 19.4 Å². The van der Waals surface area contributed by atoms with Crippen molar-refractivity contribution in [1.29, 1.82) is 0 Å². The van der Waals surface area contributed by atoms with Gasteiger partial charge in [-0.25, -0.2) is 9.59 Å². The van der Waals surface area contributed by atoms with E-state index in [9.17, 15) is 9.59 Å². The molecule has 1 rings (SSSR count). The predicted octanol–water partition coefficient (Wildman–Crippen LogP) is 8.45. The summed E-state index contributed by atoms with van der Waals surface area (Å²) < 4.78 is 5.28. The second-order valence-corrected chi connectivity index (χ2v) is 9.74. The summed E-state index contributed by atoms with van der Waals surface area (Å²) in [5.74, 6) is -1.38. The van der Waals surface area contributed by atoms with Crippen LogP contribution < -0.4 is 0 Å². The van der Waals surface area contributed by atoms with Crippen LogP contribution in [0.2, 0.25) is 0 Å². The Morgan fingerprint density at radius 1 is 0.571 bits per heavy atom. The third kappa shape index (κ3) is 20.2. The van der Waals surface area contributed by atoms with Crippen LogP contribution >= 0.6 is 0 Å². The van der Waals surface area contributed by atoms with Gasteiger partial charge in [0, 0.05) is 0 Å². The number of hydrogen-bond donors (Lipinski definition) is 1. The van der Waals surface area contributed by atoms with E-state index in [1.165, 1.54) is 140 Å². The van der Waals surface area contributed by atoms with Gasteiger partial charge in [-0.3, -0.25) is 0 Å². The third-order valence-electron chi connectivity index (χ3n) is 6.60. The number of benzene rings is 1. The van der Waals surface area contributed by atoms with Crippen molar-refractivity contribution >= 4 is 49.7 Å². The average Bonchev–Trinajstić information content (AvgIpc) is 2.85. The van der Waals surface area contributed by atoms with Crippen LogP contribution in [0.15, 0.2) is 24.3 Å². The molecule has 0 aliphatic rings. The molecule has 1 aromatic carbocycles. The Bertz CT molecular complexity index is 630. The van der Waals surface area contributed by atoms with Gasteiger partial charge in [0.15, 0.2) is 0 Å². The molecule has 4 nitrogen and oxygen atoms in total. The van der Waals surface area contributed by atoms with E-state index in [0.29, 0.717) is 12.2 Å². The number of carbonyl (C=O) groups is 2. The van der Waals surface area contributed by atoms with Gasteiger partial charge in [-0.1, -0.05) is 129 Å². The topological polar surface area (TPSA) is 63.6 Å². The molecule has 0 radical (unpaired) electrons. The number of carboxylic acids is 1. The summed E-state index contributed by atoms with van der Waals surface area (Å²) in [4.78, 5) is 22.8. The van der Waals surface area contributed by atoms with Gasteiger partial charge in [0.05, 0.1) is 17.7 Å². The molecule has 0 aliphatic heterocycles. The molecule has 0 saturated heterocycles. The first-order chi connectivity index (χ1) is 16.6. The zero-order valence-electron chi connectivity index (χ0n) is 21.8. The van der Waals surface area contributed by atoms with Crippen molar-refractivity contribution in [3.8, 4) is 0 Å². The summed E-state index contributed by atoms with van der Waals surface area (Å²) in [6.45, 7) is 2.71. The second kappa shape index (κ2) is 25.1. The van der Waals surface area contributed by atoms with Crippen molar-refractivity contribution in [3.05, 3.63) is 35.4 Å². The summed E-state index contributed by atoms with van der Waals surface area (Å²) in [6.07, 6.45) is 26.9. The number of carboxylic acid groups (broad SMARTS) is 1. The summed E-state index contributed by atoms with van der Waals surface area (Å²) in [5.41, 5.74) is 0.573. The Morgan fingerprint density at radius 3 is 1.23 bits per heavy atom. The van der Waals surface area contributed by atoms with Crippen LogP contribution in [0.4, 0.5) is 0 Å². The molecule has 1 aromatic rings. The maximum absolute atomic E-state index is 12.0. The van der Waals surface area contributed by atoms with Crippen LogP contribution in [0.1, 0.15) is 156 Å². The molecule has 1 N–H and O–H groups in total. The van der Waals surface area contributed by atoms with Crippen LogP contribution in [-0.4, -0.2) is 61.4 Å². The molecule has 0 unspecified atom stereocenters. The fraction of sp³-hybridized carbons (Fsp3) is 0.733. The van der Waals surface area contributed by atoms with E-state index in [1.807, 2.05) is 0 Å². The minimum absolute atomic E-state index is 0. The van der Waals surface area contributed by atoms with Crippen molar-refractivity contribution in [1.82, 2.24) is 0 Å². The average molecular weight is 517 g/mol. The second-order valence-electron chi connectivity index (χ2n) is 9.74. The first-order valence-corrected chi connectivity index (χ1v) is 14.2. The monoisotopic (exact) mass is 516 g/mol. The van der Waals surface area contributed by atoms with Crippen LogP contribution in [0.25, 0.3) is 0 Å². The zero-order valence-corrected chi connectivity index (χ0v) is 21.8. The van der Waals surface area contributed by atoms with Gasteiger partial charge in [-0.05, 0) is 30.7 Å². The van der Waals surface area contributed by atoms with Gasteiger partial charge in [-0.15, -0.1) is 0 Å². The van der Waals surface area contributed by atoms with Crippen LogP contribution in [-0.2, 0) is 4.74 Å². The van der Waals surface area contributed by atoms with Crippen LogP contribution in [0.3, 0.4) is 0 Å². The van der Waals surface area contributed by atoms with Crippen molar-refractivity contribution in [2.45, 2.75) is 135 Å². The number of esters is 1. The van der Waals surface area contributed by atoms with Crippen molar-refractivity contribution in [2.24, 2.45) is 0 Å². The Kier molecular flexibility index (Phi) is 24.7. The van der Waals surface area contributed by atoms with E-state index in [1.54, 1.807) is 0 Å². The summed E-state index contributed by atoms with van der Waals surface area (Å²) >= 11 is 0. The van der Waals surface area contributed by atoms with Crippen LogP contribution in [0.5, 0.6) is 0 Å². The Labute approximate surface area is 245 Å². The molecule has 0 spiro atoms. The van der Waals surface area contributed by atoms with Gasteiger partial charge >= 0.3 is 49.7 Å². The van der Waals surface area contributed by atoms with E-state index in [0.717, 1.165) is 12.8 Å². The van der Waals surface area contributed by atoms with E-state index in [4.69, 9.17) is 9.84 Å². The fourth-order valence-electron chi connectivity index (χ4n) is 4.35. The zero-order chi connectivity index (χ0) is 24.7. The number of unbranched alkanes of at least 4 members (excludes halogenated alkanes) is 19. The fourth-order valence-corrected chi connectivity index (χ4v) is 4.35. The Hall–Kier alpha value is -0.580. The molecule has 0 heterocycles. The molecule has 0 aliphatic carbocycles. The molecular formula is C30H52CaO4. The standard InChI is InChI=1S/C30H50O4.Ca.2H/c1-2-3-4-5-6-7-8-9-10-11-12-13-14-15-16-17-18-19-20-21-26-34-30(33)28-24-22-27(23-25-28)29(31)32;;;/h22-25H,2-21,26H2,1H3,(H,31,32);;;. The summed E-state index contributed by atoms with van der Waals surface area (Å²) in [5, 5.41) is 8.89. The predicted molar refractivity (Wildman–Crippen MR) is 150 cm³/mol. The molecule has 0 aromatic heterocycles. The van der Waals surface area contributed by atoms with Gasteiger partial charge in [0.25, 0.3) is 0 Å². The van der Waals surface area contributed by atoms with Gasteiger partial charge < -0.3 is 9.84 Å². The van der Waals surface area contributed by atoms with Crippen molar-refractivity contribution in [3.63, 3.8) is 0 Å². The molecule has 198 valence electrons. The Morgan fingerprint density at radius 2 is 0.886 bits per heavy atom. The first kappa shape index (κ1) is 34.4. The molecule has 0 bridgehead atoms. The Balaban J connectivity index is 0.0000116. The molecule has 35 heavy (non-hydrogen) atoms. The number of rotatable bonds is 23. The number of aromatic carboxylic acids is 1. The van der Waals surface area contributed by atoms with Gasteiger partial charge in [-0.2, -0.15) is 0 Å². The molecule has 0 saturated carbocycles. The van der Waals surface area contributed by atoms with Crippen molar-refractivity contribution in [2.75, 3.05) is 6.61 Å². The van der Waals surface area contributed by atoms with E-state index in [-0.39, 0.29) is 49.3 Å². The molecule has 0 amide bonds. The third-order valence-corrected chi connectivity index (χ3v) is 6.60. The minimum atomic E-state index is -0.996. The molecule has 0 atom stereocenters. The summed E-state index contributed by atoms with van der Waals surface area (Å²) in [7, 11) is 0. The maximum atomic E-state index is 12.0. The number of carbonyl (C=O) groups excluding carboxylic acids is 1. The SMILES string of the molecule is CCCCCCCCCCCCCCCCCCCCCCOC(=O)c1ccc(C(=O)O)cc1.[CaH2]. The first-order valence-electron chi connectivity index (χ1n) is 14.2. The van der Waals surface area contributed by atoms with Crippen LogP contribution in [0, 0.1) is 0 Å². The number of hydrogen-bond acceptors (Lipinski definition) is 3. The summed E-state index contributed by atoms with van der Waals surface area (Å²) in [6, 6.07) is 5.86. The van der Waals surface area contributed by atoms with Gasteiger partial charge in [0.1, 0.15) is 0 Å². The number of ether oxygens (including phenoxy) is 1. The molecule has 0 fully saturated rings. The van der Waals surface area contributed by atoms with E-state index in [2.05, 4.69) is 6.92 Å². The molecular weight excluding hydrogens is 464 g/mol. The van der Waals surface area contributed by atoms with E-state index >= 15 is 0 Å². The normalized spacial score (nSPS) is 10.7. The van der Waals surface area contributed by atoms with Gasteiger partial charge in [0.2, 0.25) is 0 Å².